The second-order valence-electron chi connectivity index (χ2n) is 5.74. The first kappa shape index (κ1) is 16.0. The number of rotatable bonds is 6. The highest BCUT2D eigenvalue weighted by Gasteiger charge is 2.18. The minimum absolute atomic E-state index is 0.266. The average molecular weight is 334 g/mol. The Morgan fingerprint density at radius 3 is 2.56 bits per heavy atom. The van der Waals surface area contributed by atoms with E-state index in [0.29, 0.717) is 0 Å². The molecule has 0 unspecified atom stereocenters. The Kier molecular flexibility index (Phi) is 6.12. The van der Waals surface area contributed by atoms with Crippen molar-refractivity contribution in [3.8, 4) is 0 Å². The molecule has 0 heterocycles. The van der Waals surface area contributed by atoms with Crippen molar-refractivity contribution in [2.75, 3.05) is 27.2 Å². The predicted molar refractivity (Wildman–Crippen MR) is 83.2 cm³/mol. The highest BCUT2D eigenvalue weighted by Crippen LogP contribution is 2.22. The van der Waals surface area contributed by atoms with E-state index < -0.39 is 0 Å². The van der Waals surface area contributed by atoms with Crippen LogP contribution in [0.1, 0.15) is 19.4 Å². The zero-order chi connectivity index (χ0) is 13.8. The van der Waals surface area contributed by atoms with Gasteiger partial charge in [0, 0.05) is 29.1 Å². The molecule has 0 aliphatic heterocycles. The fraction of sp³-hybridized carbons (Fsp3) is 0.571. The lowest BCUT2D eigenvalue weighted by molar-refractivity contribution is 0.232. The Morgan fingerprint density at radius 1 is 1.33 bits per heavy atom. The summed E-state index contributed by atoms with van der Waals surface area (Å²) in [5.74, 6) is 0. The summed E-state index contributed by atoms with van der Waals surface area (Å²) in [7, 11) is 4.22. The van der Waals surface area contributed by atoms with Gasteiger partial charge in [-0.25, -0.2) is 0 Å². The van der Waals surface area contributed by atoms with Crippen LogP contribution in [0.3, 0.4) is 0 Å². The van der Waals surface area contributed by atoms with Gasteiger partial charge in [-0.05, 0) is 37.2 Å². The van der Waals surface area contributed by atoms with Crippen LogP contribution in [-0.2, 0) is 6.54 Å². The molecule has 2 nitrogen and oxygen atoms in total. The maximum atomic E-state index is 5.92. The summed E-state index contributed by atoms with van der Waals surface area (Å²) in [4.78, 5) is 2.22. The van der Waals surface area contributed by atoms with Crippen LogP contribution in [0, 0.1) is 5.41 Å². The van der Waals surface area contributed by atoms with Gasteiger partial charge in [-0.15, -0.1) is 0 Å². The van der Waals surface area contributed by atoms with Crippen LogP contribution in [0.2, 0.25) is 5.02 Å². The molecule has 0 amide bonds. The third-order valence-electron chi connectivity index (χ3n) is 2.68. The molecule has 1 rings (SSSR count). The SMILES string of the molecule is CN(C)CC(C)(C)CNCc1ccc(Cl)cc1Br. The van der Waals surface area contributed by atoms with Gasteiger partial charge in [0.1, 0.15) is 0 Å². The second-order valence-corrected chi connectivity index (χ2v) is 7.03. The van der Waals surface area contributed by atoms with Crippen molar-refractivity contribution in [3.63, 3.8) is 0 Å². The van der Waals surface area contributed by atoms with Crippen molar-refractivity contribution >= 4 is 27.5 Å². The first-order valence-corrected chi connectivity index (χ1v) is 7.27. The fourth-order valence-electron chi connectivity index (χ4n) is 2.11. The van der Waals surface area contributed by atoms with Gasteiger partial charge in [-0.1, -0.05) is 47.4 Å². The van der Waals surface area contributed by atoms with Crippen molar-refractivity contribution in [3.05, 3.63) is 33.3 Å². The molecule has 0 aliphatic carbocycles. The third kappa shape index (κ3) is 5.70. The highest BCUT2D eigenvalue weighted by molar-refractivity contribution is 9.10. The Morgan fingerprint density at radius 2 is 2.00 bits per heavy atom. The monoisotopic (exact) mass is 332 g/mol. The molecule has 0 aliphatic rings. The van der Waals surface area contributed by atoms with E-state index in [-0.39, 0.29) is 5.41 Å². The van der Waals surface area contributed by atoms with E-state index in [1.54, 1.807) is 0 Å². The lowest BCUT2D eigenvalue weighted by Gasteiger charge is -2.28. The van der Waals surface area contributed by atoms with Gasteiger partial charge < -0.3 is 10.2 Å². The molecule has 4 heteroatoms. The zero-order valence-corrected chi connectivity index (χ0v) is 13.9. The van der Waals surface area contributed by atoms with Gasteiger partial charge in [-0.3, -0.25) is 0 Å². The number of hydrogen-bond acceptors (Lipinski definition) is 2. The normalized spacial score (nSPS) is 12.2. The van der Waals surface area contributed by atoms with Crippen LogP contribution in [0.4, 0.5) is 0 Å². The molecule has 0 saturated heterocycles. The van der Waals surface area contributed by atoms with Gasteiger partial charge in [0.25, 0.3) is 0 Å². The molecule has 0 aromatic heterocycles. The Hall–Kier alpha value is -0.0900. The molecule has 18 heavy (non-hydrogen) atoms. The Balaban J connectivity index is 2.46. The molecule has 1 N–H and O–H groups in total. The van der Waals surface area contributed by atoms with Crippen LogP contribution in [0.25, 0.3) is 0 Å². The predicted octanol–water partition coefficient (Wildman–Crippen LogP) is 3.78. The maximum absolute atomic E-state index is 5.92. The van der Waals surface area contributed by atoms with Crippen LogP contribution < -0.4 is 5.32 Å². The molecular weight excluding hydrogens is 312 g/mol. The number of halogens is 2. The van der Waals surface area contributed by atoms with Gasteiger partial charge in [0.15, 0.2) is 0 Å². The summed E-state index contributed by atoms with van der Waals surface area (Å²) in [6.07, 6.45) is 0. The standard InChI is InChI=1S/C14H22BrClN2/c1-14(2,10-18(3)4)9-17-8-11-5-6-12(16)7-13(11)15/h5-7,17H,8-10H2,1-4H3. The van der Waals surface area contributed by atoms with Crippen LogP contribution >= 0.6 is 27.5 Å². The molecule has 0 atom stereocenters. The number of benzene rings is 1. The van der Waals surface area contributed by atoms with Crippen molar-refractivity contribution in [1.29, 1.82) is 0 Å². The van der Waals surface area contributed by atoms with E-state index in [4.69, 9.17) is 11.6 Å². The summed E-state index contributed by atoms with van der Waals surface area (Å²) in [6.45, 7) is 7.46. The fourth-order valence-corrected chi connectivity index (χ4v) is 2.94. The van der Waals surface area contributed by atoms with Gasteiger partial charge >= 0.3 is 0 Å². The number of nitrogens with one attached hydrogen (secondary N) is 1. The van der Waals surface area contributed by atoms with E-state index in [1.807, 2.05) is 12.1 Å². The minimum atomic E-state index is 0.266. The summed E-state index contributed by atoms with van der Waals surface area (Å²) in [6, 6.07) is 5.91. The van der Waals surface area contributed by atoms with Crippen molar-refractivity contribution in [1.82, 2.24) is 10.2 Å². The Bertz CT molecular complexity index is 391. The van der Waals surface area contributed by atoms with E-state index in [0.717, 1.165) is 29.1 Å². The molecule has 1 aromatic carbocycles. The van der Waals surface area contributed by atoms with Crippen molar-refractivity contribution in [2.24, 2.45) is 5.41 Å². The lowest BCUT2D eigenvalue weighted by Crippen LogP contribution is -2.37. The van der Waals surface area contributed by atoms with Crippen molar-refractivity contribution < 1.29 is 0 Å². The first-order valence-electron chi connectivity index (χ1n) is 6.09. The van der Waals surface area contributed by atoms with E-state index in [1.165, 1.54) is 5.56 Å². The summed E-state index contributed by atoms with van der Waals surface area (Å²) in [5.41, 5.74) is 1.50. The molecule has 0 saturated carbocycles. The molecule has 0 radical (unpaired) electrons. The minimum Gasteiger partial charge on any atom is -0.312 e. The van der Waals surface area contributed by atoms with E-state index in [2.05, 4.69) is 60.2 Å². The molecule has 1 aromatic rings. The number of hydrogen-bond donors (Lipinski definition) is 1. The maximum Gasteiger partial charge on any atom is 0.0417 e. The van der Waals surface area contributed by atoms with Gasteiger partial charge in [0.2, 0.25) is 0 Å². The summed E-state index contributed by atoms with van der Waals surface area (Å²) in [5, 5.41) is 4.27. The molecule has 102 valence electrons. The topological polar surface area (TPSA) is 15.3 Å². The quantitative estimate of drug-likeness (QED) is 0.852. The third-order valence-corrected chi connectivity index (χ3v) is 3.65. The number of nitrogens with zero attached hydrogens (tertiary/aromatic N) is 1. The molecule has 0 bridgehead atoms. The zero-order valence-electron chi connectivity index (χ0n) is 11.6. The van der Waals surface area contributed by atoms with Gasteiger partial charge in [0.05, 0.1) is 0 Å². The largest absolute Gasteiger partial charge is 0.312 e. The van der Waals surface area contributed by atoms with E-state index in [9.17, 15) is 0 Å². The van der Waals surface area contributed by atoms with Crippen LogP contribution in [0.5, 0.6) is 0 Å². The van der Waals surface area contributed by atoms with Gasteiger partial charge in [-0.2, -0.15) is 0 Å². The smallest absolute Gasteiger partial charge is 0.0417 e. The van der Waals surface area contributed by atoms with Crippen LogP contribution in [0.15, 0.2) is 22.7 Å². The molecule has 0 fully saturated rings. The summed E-state index contributed by atoms with van der Waals surface area (Å²) >= 11 is 9.46. The molecular formula is C14H22BrClN2. The molecule has 0 spiro atoms. The Labute approximate surface area is 124 Å². The highest BCUT2D eigenvalue weighted by atomic mass is 79.9. The summed E-state index contributed by atoms with van der Waals surface area (Å²) < 4.78 is 1.06. The second kappa shape index (κ2) is 6.90. The average Bonchev–Trinajstić information content (AvgIpc) is 2.19. The lowest BCUT2D eigenvalue weighted by atomic mass is 9.93. The first-order chi connectivity index (χ1) is 8.30. The van der Waals surface area contributed by atoms with Crippen molar-refractivity contribution in [2.45, 2.75) is 20.4 Å². The van der Waals surface area contributed by atoms with E-state index >= 15 is 0 Å². The van der Waals surface area contributed by atoms with Crippen LogP contribution in [-0.4, -0.2) is 32.1 Å².